The second-order valence-corrected chi connectivity index (χ2v) is 5.13. The van der Waals surface area contributed by atoms with E-state index in [1.54, 1.807) is 0 Å². The summed E-state index contributed by atoms with van der Waals surface area (Å²) in [5, 5.41) is 0.762. The van der Waals surface area contributed by atoms with Gasteiger partial charge in [-0.05, 0) is 12.1 Å². The van der Waals surface area contributed by atoms with Gasteiger partial charge in [0, 0.05) is 6.07 Å². The number of hydrogen-bond acceptors (Lipinski definition) is 5. The van der Waals surface area contributed by atoms with Crippen molar-refractivity contribution in [3.05, 3.63) is 45.0 Å². The summed E-state index contributed by atoms with van der Waals surface area (Å²) >= 11 is 17.8. The number of methoxy groups -OCH3 is 1. The third-order valence-electron chi connectivity index (χ3n) is 2.46. The number of carbonyl (C=O) groups is 1. The van der Waals surface area contributed by atoms with Crippen LogP contribution in [0, 0.1) is 0 Å². The molecule has 2 aromatic rings. The van der Waals surface area contributed by atoms with Crippen molar-refractivity contribution in [1.29, 1.82) is 0 Å². The second kappa shape index (κ2) is 6.39. The molecule has 2 N–H and O–H groups in total. The highest BCUT2D eigenvalue weighted by Gasteiger charge is 2.17. The van der Waals surface area contributed by atoms with Crippen LogP contribution in [0.3, 0.4) is 0 Å². The number of pyridine rings is 1. The minimum Gasteiger partial charge on any atom is -0.465 e. The molecule has 0 spiro atoms. The molecule has 0 aliphatic carbocycles. The lowest BCUT2D eigenvalue weighted by molar-refractivity contribution is 0.0597. The fourth-order valence-electron chi connectivity index (χ4n) is 1.49. The molecule has 2 rings (SSSR count). The normalized spacial score (nSPS) is 10.3. The molecule has 1 heterocycles. The van der Waals surface area contributed by atoms with Crippen LogP contribution in [0.4, 0.5) is 5.69 Å². The lowest BCUT2D eigenvalue weighted by atomic mass is 10.2. The van der Waals surface area contributed by atoms with Gasteiger partial charge in [-0.3, -0.25) is 0 Å². The first-order chi connectivity index (χ1) is 9.92. The van der Waals surface area contributed by atoms with Crippen LogP contribution in [0.25, 0.3) is 0 Å². The van der Waals surface area contributed by atoms with Crippen LogP contribution in [0.1, 0.15) is 10.4 Å². The lowest BCUT2D eigenvalue weighted by Gasteiger charge is -2.11. The molecular formula is C13H9Cl3N2O3. The maximum atomic E-state index is 11.7. The van der Waals surface area contributed by atoms with Crippen molar-refractivity contribution < 1.29 is 14.3 Å². The van der Waals surface area contributed by atoms with Crippen LogP contribution in [0.2, 0.25) is 15.1 Å². The Kier molecular flexibility index (Phi) is 4.77. The zero-order chi connectivity index (χ0) is 15.6. The van der Waals surface area contributed by atoms with Gasteiger partial charge in [-0.25, -0.2) is 9.78 Å². The molecule has 0 unspecified atom stereocenters. The topological polar surface area (TPSA) is 74.4 Å². The van der Waals surface area contributed by atoms with Crippen LogP contribution in [-0.4, -0.2) is 18.1 Å². The van der Waals surface area contributed by atoms with Crippen LogP contribution < -0.4 is 10.5 Å². The van der Waals surface area contributed by atoms with E-state index in [0.717, 1.165) is 0 Å². The number of ether oxygens (including phenoxy) is 2. The van der Waals surface area contributed by atoms with E-state index in [4.69, 9.17) is 45.3 Å². The summed E-state index contributed by atoms with van der Waals surface area (Å²) in [6.07, 6.45) is 1.34. The number of benzene rings is 1. The van der Waals surface area contributed by atoms with Gasteiger partial charge in [-0.15, -0.1) is 0 Å². The molecule has 0 aliphatic heterocycles. The first kappa shape index (κ1) is 15.7. The molecule has 0 fully saturated rings. The standard InChI is InChI=1S/C13H9Cl3N2O3/c1-20-13(19)7-2-6(17)5-18-12(7)21-11-4-9(15)8(14)3-10(11)16/h2-5H,17H2,1H3. The maximum absolute atomic E-state index is 11.7. The molecular weight excluding hydrogens is 339 g/mol. The van der Waals surface area contributed by atoms with E-state index in [2.05, 4.69) is 9.72 Å². The van der Waals surface area contributed by atoms with Crippen LogP contribution in [0.15, 0.2) is 24.4 Å². The monoisotopic (exact) mass is 346 g/mol. The number of nitrogen functional groups attached to an aromatic ring is 1. The van der Waals surface area contributed by atoms with Gasteiger partial charge in [-0.1, -0.05) is 34.8 Å². The van der Waals surface area contributed by atoms with Gasteiger partial charge in [0.1, 0.15) is 11.3 Å². The van der Waals surface area contributed by atoms with Crippen molar-refractivity contribution in [3.8, 4) is 11.6 Å². The molecule has 0 saturated carbocycles. The number of rotatable bonds is 3. The number of nitrogens with zero attached hydrogens (tertiary/aromatic N) is 1. The van der Waals surface area contributed by atoms with Gasteiger partial charge in [-0.2, -0.15) is 0 Å². The van der Waals surface area contributed by atoms with Gasteiger partial charge < -0.3 is 15.2 Å². The third kappa shape index (κ3) is 3.50. The van der Waals surface area contributed by atoms with Crippen LogP contribution in [0.5, 0.6) is 11.6 Å². The van der Waals surface area contributed by atoms with E-state index in [0.29, 0.717) is 5.69 Å². The highest BCUT2D eigenvalue weighted by atomic mass is 35.5. The highest BCUT2D eigenvalue weighted by Crippen LogP contribution is 2.36. The third-order valence-corrected chi connectivity index (χ3v) is 3.48. The zero-order valence-corrected chi connectivity index (χ0v) is 13.0. The van der Waals surface area contributed by atoms with Crippen molar-refractivity contribution in [1.82, 2.24) is 4.98 Å². The minimum atomic E-state index is -0.638. The molecule has 0 atom stereocenters. The molecule has 0 radical (unpaired) electrons. The van der Waals surface area contributed by atoms with Gasteiger partial charge in [0.2, 0.25) is 5.88 Å². The molecule has 0 bridgehead atoms. The number of esters is 1. The zero-order valence-electron chi connectivity index (χ0n) is 10.7. The second-order valence-electron chi connectivity index (χ2n) is 3.91. The van der Waals surface area contributed by atoms with E-state index in [-0.39, 0.29) is 32.3 Å². The summed E-state index contributed by atoms with van der Waals surface area (Å²) in [6.45, 7) is 0. The minimum absolute atomic E-state index is 0.00339. The van der Waals surface area contributed by atoms with E-state index < -0.39 is 5.97 Å². The molecule has 1 aromatic heterocycles. The fraction of sp³-hybridized carbons (Fsp3) is 0.0769. The first-order valence-electron chi connectivity index (χ1n) is 5.58. The Morgan fingerprint density at radius 1 is 1.14 bits per heavy atom. The number of nitrogens with two attached hydrogens (primary N) is 1. The molecule has 8 heteroatoms. The maximum Gasteiger partial charge on any atom is 0.343 e. The van der Waals surface area contributed by atoms with Crippen LogP contribution in [-0.2, 0) is 4.74 Å². The van der Waals surface area contributed by atoms with E-state index >= 15 is 0 Å². The van der Waals surface area contributed by atoms with Crippen LogP contribution >= 0.6 is 34.8 Å². The quantitative estimate of drug-likeness (QED) is 0.665. The van der Waals surface area contributed by atoms with Gasteiger partial charge in [0.05, 0.1) is 34.1 Å². The summed E-state index contributed by atoms with van der Waals surface area (Å²) < 4.78 is 10.2. The first-order valence-corrected chi connectivity index (χ1v) is 6.72. The summed E-state index contributed by atoms with van der Waals surface area (Å²) in [4.78, 5) is 15.7. The summed E-state index contributed by atoms with van der Waals surface area (Å²) in [5.74, 6) is -0.439. The highest BCUT2D eigenvalue weighted by molar-refractivity contribution is 6.43. The average Bonchev–Trinajstić information content (AvgIpc) is 2.45. The van der Waals surface area contributed by atoms with Gasteiger partial charge >= 0.3 is 5.97 Å². The smallest absolute Gasteiger partial charge is 0.343 e. The average molecular weight is 348 g/mol. The Hall–Kier alpha value is -1.69. The number of anilines is 1. The number of halogens is 3. The van der Waals surface area contributed by atoms with Crippen molar-refractivity contribution in [2.75, 3.05) is 12.8 Å². The Bertz CT molecular complexity index is 707. The molecule has 21 heavy (non-hydrogen) atoms. The SMILES string of the molecule is COC(=O)c1cc(N)cnc1Oc1cc(Cl)c(Cl)cc1Cl. The van der Waals surface area contributed by atoms with Crippen molar-refractivity contribution in [3.63, 3.8) is 0 Å². The Balaban J connectivity index is 2.44. The largest absolute Gasteiger partial charge is 0.465 e. The molecule has 0 amide bonds. The summed E-state index contributed by atoms with van der Waals surface area (Å²) in [6, 6.07) is 4.24. The molecule has 0 saturated heterocycles. The predicted octanol–water partition coefficient (Wildman–Crippen LogP) is 4.20. The van der Waals surface area contributed by atoms with E-state index in [1.807, 2.05) is 0 Å². The van der Waals surface area contributed by atoms with Gasteiger partial charge in [0.15, 0.2) is 0 Å². The van der Waals surface area contributed by atoms with Gasteiger partial charge in [0.25, 0.3) is 0 Å². The van der Waals surface area contributed by atoms with Crippen molar-refractivity contribution in [2.45, 2.75) is 0 Å². The van der Waals surface area contributed by atoms with Crippen molar-refractivity contribution in [2.24, 2.45) is 0 Å². The summed E-state index contributed by atoms with van der Waals surface area (Å²) in [5.41, 5.74) is 5.96. The van der Waals surface area contributed by atoms with E-state index in [1.165, 1.54) is 31.5 Å². The number of aromatic nitrogens is 1. The Morgan fingerprint density at radius 3 is 2.48 bits per heavy atom. The molecule has 5 nitrogen and oxygen atoms in total. The van der Waals surface area contributed by atoms with Crippen molar-refractivity contribution >= 4 is 46.5 Å². The lowest BCUT2D eigenvalue weighted by Crippen LogP contribution is -2.06. The Labute approximate surface area is 135 Å². The molecule has 0 aliphatic rings. The van der Waals surface area contributed by atoms with E-state index in [9.17, 15) is 4.79 Å². The number of hydrogen-bond donors (Lipinski definition) is 1. The number of carbonyl (C=O) groups excluding carboxylic acids is 1. The fourth-order valence-corrected chi connectivity index (χ4v) is 2.07. The molecule has 1 aromatic carbocycles. The predicted molar refractivity (Wildman–Crippen MR) is 81.5 cm³/mol. The summed E-state index contributed by atoms with van der Waals surface area (Å²) in [7, 11) is 1.24. The molecule has 110 valence electrons. The Morgan fingerprint density at radius 2 is 1.81 bits per heavy atom.